The van der Waals surface area contributed by atoms with Gasteiger partial charge in [-0.25, -0.2) is 9.36 Å². The molecule has 1 saturated carbocycles. The molecule has 0 unspecified atom stereocenters. The Hall–Kier alpha value is -2.02. The van der Waals surface area contributed by atoms with Gasteiger partial charge >= 0.3 is 0 Å². The van der Waals surface area contributed by atoms with Crippen molar-refractivity contribution in [2.45, 2.75) is 25.2 Å². The Morgan fingerprint density at radius 1 is 1.50 bits per heavy atom. The number of nitrogens with zero attached hydrogens (tertiary/aromatic N) is 3. The van der Waals surface area contributed by atoms with Crippen molar-refractivity contribution in [1.82, 2.24) is 9.61 Å². The number of nitrogen functional groups attached to an aromatic ring is 1. The number of aromatic nitrogens is 2. The third-order valence-corrected chi connectivity index (χ3v) is 3.33. The van der Waals surface area contributed by atoms with Crippen LogP contribution in [-0.4, -0.2) is 9.61 Å². The molecule has 0 radical (unpaired) electrons. The summed E-state index contributed by atoms with van der Waals surface area (Å²) in [4.78, 5) is 3.44. The fourth-order valence-corrected chi connectivity index (χ4v) is 2.26. The summed E-state index contributed by atoms with van der Waals surface area (Å²) >= 11 is 0. The van der Waals surface area contributed by atoms with Gasteiger partial charge in [-0.3, -0.25) is 0 Å². The highest BCUT2D eigenvalue weighted by Crippen LogP contribution is 2.41. The molecular formula is C12H12N4. The Morgan fingerprint density at radius 2 is 2.31 bits per heavy atom. The Kier molecular flexibility index (Phi) is 1.87. The minimum atomic E-state index is 0.540. The molecule has 0 aliphatic heterocycles. The molecular weight excluding hydrogens is 200 g/mol. The molecule has 0 aromatic carbocycles. The molecule has 1 aliphatic rings. The zero-order valence-electron chi connectivity index (χ0n) is 8.85. The molecule has 0 bridgehead atoms. The molecule has 4 heteroatoms. The van der Waals surface area contributed by atoms with Crippen LogP contribution < -0.4 is 5.73 Å². The van der Waals surface area contributed by atoms with E-state index in [4.69, 9.17) is 12.3 Å². The van der Waals surface area contributed by atoms with Crippen molar-refractivity contribution < 1.29 is 0 Å². The van der Waals surface area contributed by atoms with Crippen LogP contribution in [0.5, 0.6) is 0 Å². The van der Waals surface area contributed by atoms with Crippen LogP contribution in [0.3, 0.4) is 0 Å². The monoisotopic (exact) mass is 212 g/mol. The van der Waals surface area contributed by atoms with Crippen molar-refractivity contribution in [3.63, 3.8) is 0 Å². The lowest BCUT2D eigenvalue weighted by molar-refractivity contribution is 0.423. The average Bonchev–Trinajstić information content (AvgIpc) is 2.53. The Bertz CT molecular complexity index is 587. The molecule has 0 amide bonds. The van der Waals surface area contributed by atoms with Crippen molar-refractivity contribution in [1.29, 1.82) is 0 Å². The summed E-state index contributed by atoms with van der Waals surface area (Å²) in [6.45, 7) is 7.03. The highest BCUT2D eigenvalue weighted by Gasteiger charge is 2.25. The number of pyridine rings is 1. The SMILES string of the molecule is [C-]#[N+]c1ccn2nc(N)c(C3CCC3)c2c1. The van der Waals surface area contributed by atoms with Gasteiger partial charge in [0, 0.05) is 11.8 Å². The van der Waals surface area contributed by atoms with E-state index in [0.29, 0.717) is 17.4 Å². The molecule has 2 N–H and O–H groups in total. The summed E-state index contributed by atoms with van der Waals surface area (Å²) in [6.07, 6.45) is 5.45. The minimum Gasteiger partial charge on any atom is -0.382 e. The van der Waals surface area contributed by atoms with E-state index in [0.717, 1.165) is 11.1 Å². The van der Waals surface area contributed by atoms with Crippen LogP contribution in [0.15, 0.2) is 18.3 Å². The molecule has 2 aromatic rings. The van der Waals surface area contributed by atoms with Crippen LogP contribution in [0.2, 0.25) is 0 Å². The molecule has 0 atom stereocenters. The third kappa shape index (κ3) is 1.18. The number of anilines is 1. The van der Waals surface area contributed by atoms with Crippen molar-refractivity contribution in [2.75, 3.05) is 5.73 Å². The molecule has 4 nitrogen and oxygen atoms in total. The molecule has 80 valence electrons. The van der Waals surface area contributed by atoms with Gasteiger partial charge in [0.15, 0.2) is 5.69 Å². The first-order chi connectivity index (χ1) is 7.79. The highest BCUT2D eigenvalue weighted by molar-refractivity contribution is 5.70. The van der Waals surface area contributed by atoms with E-state index in [-0.39, 0.29) is 0 Å². The van der Waals surface area contributed by atoms with Crippen LogP contribution in [0.1, 0.15) is 30.7 Å². The minimum absolute atomic E-state index is 0.540. The van der Waals surface area contributed by atoms with Gasteiger partial charge in [0.05, 0.1) is 12.1 Å². The highest BCUT2D eigenvalue weighted by atomic mass is 15.2. The topological polar surface area (TPSA) is 47.7 Å². The van der Waals surface area contributed by atoms with Crippen LogP contribution in [-0.2, 0) is 0 Å². The van der Waals surface area contributed by atoms with E-state index in [2.05, 4.69) is 9.94 Å². The van der Waals surface area contributed by atoms with Crippen molar-refractivity contribution in [3.05, 3.63) is 35.3 Å². The van der Waals surface area contributed by atoms with Gasteiger partial charge in [0.1, 0.15) is 5.82 Å². The first kappa shape index (κ1) is 9.22. The summed E-state index contributed by atoms with van der Waals surface area (Å²) in [7, 11) is 0. The predicted molar refractivity (Wildman–Crippen MR) is 62.5 cm³/mol. The van der Waals surface area contributed by atoms with E-state index < -0.39 is 0 Å². The number of hydrogen-bond donors (Lipinski definition) is 1. The van der Waals surface area contributed by atoms with Crippen molar-refractivity contribution in [2.24, 2.45) is 0 Å². The average molecular weight is 212 g/mol. The summed E-state index contributed by atoms with van der Waals surface area (Å²) < 4.78 is 1.78. The van der Waals surface area contributed by atoms with E-state index in [1.807, 2.05) is 6.07 Å². The van der Waals surface area contributed by atoms with E-state index >= 15 is 0 Å². The third-order valence-electron chi connectivity index (χ3n) is 3.33. The molecule has 0 saturated heterocycles. The van der Waals surface area contributed by atoms with Crippen molar-refractivity contribution in [3.8, 4) is 0 Å². The summed E-state index contributed by atoms with van der Waals surface area (Å²) in [5.41, 5.74) is 8.72. The smallest absolute Gasteiger partial charge is 0.190 e. The van der Waals surface area contributed by atoms with Gasteiger partial charge in [-0.15, -0.1) is 0 Å². The maximum absolute atomic E-state index is 7.03. The first-order valence-corrected chi connectivity index (χ1v) is 5.45. The van der Waals surface area contributed by atoms with Gasteiger partial charge in [0.25, 0.3) is 0 Å². The summed E-state index contributed by atoms with van der Waals surface area (Å²) in [5, 5.41) is 4.28. The lowest BCUT2D eigenvalue weighted by Gasteiger charge is -2.25. The zero-order chi connectivity index (χ0) is 11.1. The molecule has 16 heavy (non-hydrogen) atoms. The molecule has 1 aliphatic carbocycles. The maximum atomic E-state index is 7.03. The predicted octanol–water partition coefficient (Wildman–Crippen LogP) is 2.73. The molecule has 2 aromatic heterocycles. The molecule has 2 heterocycles. The number of rotatable bonds is 1. The molecule has 3 rings (SSSR count). The first-order valence-electron chi connectivity index (χ1n) is 5.45. The lowest BCUT2D eigenvalue weighted by atomic mass is 9.80. The van der Waals surface area contributed by atoms with E-state index in [1.165, 1.54) is 19.3 Å². The van der Waals surface area contributed by atoms with Crippen LogP contribution >= 0.6 is 0 Å². The second-order valence-corrected chi connectivity index (χ2v) is 4.25. The largest absolute Gasteiger partial charge is 0.382 e. The van der Waals surface area contributed by atoms with Gasteiger partial charge in [-0.2, -0.15) is 5.10 Å². The van der Waals surface area contributed by atoms with Crippen molar-refractivity contribution >= 4 is 17.0 Å². The normalized spacial score (nSPS) is 15.9. The maximum Gasteiger partial charge on any atom is 0.190 e. The van der Waals surface area contributed by atoms with Crippen LogP contribution in [0.4, 0.5) is 11.5 Å². The number of fused-ring (bicyclic) bond motifs is 1. The van der Waals surface area contributed by atoms with Gasteiger partial charge in [-0.05, 0) is 30.9 Å². The lowest BCUT2D eigenvalue weighted by Crippen LogP contribution is -2.10. The second-order valence-electron chi connectivity index (χ2n) is 4.25. The van der Waals surface area contributed by atoms with Gasteiger partial charge in [-0.1, -0.05) is 6.42 Å². The Balaban J connectivity index is 2.24. The fraction of sp³-hybridized carbons (Fsp3) is 0.333. The zero-order valence-corrected chi connectivity index (χ0v) is 8.85. The summed E-state index contributed by atoms with van der Waals surface area (Å²) in [5.74, 6) is 1.16. The summed E-state index contributed by atoms with van der Waals surface area (Å²) in [6, 6.07) is 3.64. The van der Waals surface area contributed by atoms with Crippen LogP contribution in [0.25, 0.3) is 10.4 Å². The molecule has 1 fully saturated rings. The number of hydrogen-bond acceptors (Lipinski definition) is 2. The van der Waals surface area contributed by atoms with E-state index in [1.54, 1.807) is 16.8 Å². The molecule has 0 spiro atoms. The van der Waals surface area contributed by atoms with Crippen LogP contribution in [0, 0.1) is 6.57 Å². The van der Waals surface area contributed by atoms with E-state index in [9.17, 15) is 0 Å². The Labute approximate surface area is 93.5 Å². The number of nitrogens with two attached hydrogens (primary N) is 1. The fourth-order valence-electron chi connectivity index (χ4n) is 2.26. The Morgan fingerprint density at radius 3 is 2.94 bits per heavy atom. The second kappa shape index (κ2) is 3.24. The quantitative estimate of drug-likeness (QED) is 0.739. The van der Waals surface area contributed by atoms with Gasteiger partial charge in [0.2, 0.25) is 0 Å². The van der Waals surface area contributed by atoms with Gasteiger partial charge < -0.3 is 5.73 Å². The standard InChI is InChI=1S/C12H12N4/c1-14-9-5-6-16-10(7-9)11(12(13)15-16)8-3-2-4-8/h5-8H,2-4H2,(H2,13,15).